The normalized spacial score (nSPS) is 18.5. The van der Waals surface area contributed by atoms with Crippen molar-refractivity contribution in [2.75, 3.05) is 13.1 Å². The Morgan fingerprint density at radius 3 is 1.75 bits per heavy atom. The Kier molecular flexibility index (Phi) is 5.89. The zero-order chi connectivity index (χ0) is 12.8. The van der Waals surface area contributed by atoms with E-state index in [1.54, 1.807) is 0 Å². The van der Waals surface area contributed by atoms with Crippen LogP contribution in [-0.4, -0.2) is 46.9 Å². The molecular weight excluding hydrogens is 216 g/mol. The van der Waals surface area contributed by atoms with E-state index in [-0.39, 0.29) is 0 Å². The van der Waals surface area contributed by atoms with E-state index in [9.17, 15) is 9.59 Å². The van der Waals surface area contributed by atoms with Crippen molar-refractivity contribution >= 4 is 11.9 Å². The smallest absolute Gasteiger partial charge is 0.335 e. The average molecular weight is 234 g/mol. The third kappa shape index (κ3) is 5.03. The van der Waals surface area contributed by atoms with E-state index in [2.05, 4.69) is 16.8 Å². The summed E-state index contributed by atoms with van der Waals surface area (Å²) in [7, 11) is 0. The molecule has 0 aromatic heterocycles. The zero-order valence-electron chi connectivity index (χ0n) is 8.85. The molecule has 0 amide bonds. The lowest BCUT2D eigenvalue weighted by Gasteiger charge is -2.29. The fourth-order valence-electron chi connectivity index (χ4n) is 1.09. The maximum atomic E-state index is 10.5. The lowest BCUT2D eigenvalue weighted by atomic mass is 9.90. The minimum atomic E-state index is -1.23. The van der Waals surface area contributed by atoms with Gasteiger partial charge in [0.15, 0.2) is 6.17 Å². The summed E-state index contributed by atoms with van der Waals surface area (Å²) in [5.41, 5.74) is 13.8. The van der Waals surface area contributed by atoms with Gasteiger partial charge in [-0.25, -0.2) is 4.79 Å². The summed E-state index contributed by atoms with van der Waals surface area (Å²) in [5.74, 6) is -2.07. The number of rotatable bonds is 2. The molecule has 1 saturated heterocycles. The molecule has 8 nitrogen and oxygen atoms in total. The number of hydrogen-bond acceptors (Lipinski definition) is 6. The van der Waals surface area contributed by atoms with Gasteiger partial charge in [-0.05, 0) is 25.9 Å². The van der Waals surface area contributed by atoms with Crippen molar-refractivity contribution in [3.8, 4) is 0 Å². The van der Waals surface area contributed by atoms with Gasteiger partial charge in [0.25, 0.3) is 0 Å². The third-order valence-corrected chi connectivity index (χ3v) is 2.21. The Morgan fingerprint density at radius 2 is 1.56 bits per heavy atom. The molecule has 1 rings (SSSR count). The topological polar surface area (TPSA) is 165 Å². The number of hydrogen-bond donors (Lipinski definition) is 6. The molecule has 9 N–H and O–H groups in total. The highest BCUT2D eigenvalue weighted by Gasteiger charge is 2.34. The van der Waals surface area contributed by atoms with Gasteiger partial charge in [-0.15, -0.1) is 0 Å². The Morgan fingerprint density at radius 1 is 1.19 bits per heavy atom. The van der Waals surface area contributed by atoms with Crippen molar-refractivity contribution in [3.05, 3.63) is 0 Å². The van der Waals surface area contributed by atoms with Crippen molar-refractivity contribution in [1.82, 2.24) is 5.32 Å². The molecule has 94 valence electrons. The molecule has 1 aliphatic heterocycles. The largest absolute Gasteiger partial charge is 0.480 e. The van der Waals surface area contributed by atoms with Gasteiger partial charge in [-0.2, -0.15) is 0 Å². The highest BCUT2D eigenvalue weighted by Crippen LogP contribution is 2.14. The van der Waals surface area contributed by atoms with Crippen molar-refractivity contribution in [1.29, 1.82) is 0 Å². The molecule has 1 fully saturated rings. The lowest BCUT2D eigenvalue weighted by Crippen LogP contribution is -2.54. The quantitative estimate of drug-likeness (QED) is 0.284. The monoisotopic (exact) mass is 234 g/mol. The van der Waals surface area contributed by atoms with E-state index in [0.717, 1.165) is 0 Å². The van der Waals surface area contributed by atoms with Crippen LogP contribution in [0.25, 0.3) is 0 Å². The van der Waals surface area contributed by atoms with Gasteiger partial charge >= 0.3 is 11.9 Å². The zero-order valence-corrected chi connectivity index (χ0v) is 8.85. The van der Waals surface area contributed by atoms with E-state index in [4.69, 9.17) is 15.9 Å². The van der Waals surface area contributed by atoms with E-state index < -0.39 is 23.6 Å². The summed E-state index contributed by atoms with van der Waals surface area (Å²) in [5, 5.41) is 19.4. The molecule has 0 aromatic carbocycles. The maximum absolute atomic E-state index is 10.5. The maximum Gasteiger partial charge on any atom is 0.335 e. The molecule has 0 aliphatic carbocycles. The van der Waals surface area contributed by atoms with E-state index in [0.29, 0.717) is 25.9 Å². The van der Waals surface area contributed by atoms with E-state index in [1.165, 1.54) is 0 Å². The third-order valence-electron chi connectivity index (χ3n) is 2.21. The molecule has 0 radical (unpaired) electrons. The van der Waals surface area contributed by atoms with Crippen LogP contribution in [0.1, 0.15) is 12.8 Å². The molecule has 8 heteroatoms. The molecule has 0 unspecified atom stereocenters. The number of carbonyl (C=O) groups is 2. The van der Waals surface area contributed by atoms with Crippen molar-refractivity contribution in [2.45, 2.75) is 24.5 Å². The standard InChI is InChI=1S/C6H12N2O2.C2H6N2O2/c7-6(5(9)10)1-3-8-4-2-6;3-1(4)2(5)6/h8H,1-4,7H2,(H,9,10);1H,3-4H2,(H,5,6). The van der Waals surface area contributed by atoms with Gasteiger partial charge in [0.05, 0.1) is 0 Å². The molecule has 1 heterocycles. The van der Waals surface area contributed by atoms with Crippen LogP contribution in [0.2, 0.25) is 0 Å². The molecule has 0 saturated carbocycles. The van der Waals surface area contributed by atoms with Crippen LogP contribution in [0.3, 0.4) is 0 Å². The Labute approximate surface area is 92.8 Å². The first-order valence-electron chi connectivity index (χ1n) is 4.76. The van der Waals surface area contributed by atoms with Crippen LogP contribution >= 0.6 is 0 Å². The first-order chi connectivity index (χ1) is 7.29. The van der Waals surface area contributed by atoms with Crippen molar-refractivity contribution in [3.63, 3.8) is 0 Å². The Hall–Kier alpha value is -1.22. The summed E-state index contributed by atoms with van der Waals surface area (Å²) in [6.45, 7) is 1.42. The van der Waals surface area contributed by atoms with Crippen molar-refractivity contribution in [2.24, 2.45) is 17.2 Å². The molecule has 0 spiro atoms. The summed E-state index contributed by atoms with van der Waals surface area (Å²) in [6, 6.07) is 0. The molecule has 1 aliphatic rings. The minimum Gasteiger partial charge on any atom is -0.480 e. The molecule has 0 aromatic rings. The number of piperidine rings is 1. The number of nitrogens with two attached hydrogens (primary N) is 3. The summed E-state index contributed by atoms with van der Waals surface area (Å²) in [6.07, 6.45) is -0.171. The number of carboxylic acid groups (broad SMARTS) is 2. The lowest BCUT2D eigenvalue weighted by molar-refractivity contribution is -0.144. The van der Waals surface area contributed by atoms with Gasteiger partial charge in [0.1, 0.15) is 5.54 Å². The summed E-state index contributed by atoms with van der Waals surface area (Å²) < 4.78 is 0. The van der Waals surface area contributed by atoms with Crippen LogP contribution < -0.4 is 22.5 Å². The van der Waals surface area contributed by atoms with Crippen LogP contribution in [0, 0.1) is 0 Å². The average Bonchev–Trinajstić information content (AvgIpc) is 2.19. The second kappa shape index (κ2) is 6.38. The van der Waals surface area contributed by atoms with Gasteiger partial charge in [-0.3, -0.25) is 4.79 Å². The highest BCUT2D eigenvalue weighted by atomic mass is 16.4. The predicted molar refractivity (Wildman–Crippen MR) is 56.5 cm³/mol. The Bertz CT molecular complexity index is 250. The minimum absolute atomic E-state index is 0.530. The van der Waals surface area contributed by atoms with E-state index in [1.807, 2.05) is 0 Å². The summed E-state index contributed by atoms with van der Waals surface area (Å²) in [4.78, 5) is 20.0. The molecule has 0 bridgehead atoms. The van der Waals surface area contributed by atoms with Crippen LogP contribution in [-0.2, 0) is 9.59 Å². The van der Waals surface area contributed by atoms with Crippen LogP contribution in [0.4, 0.5) is 0 Å². The predicted octanol–water partition coefficient (Wildman–Crippen LogP) is -2.53. The van der Waals surface area contributed by atoms with Gasteiger partial charge < -0.3 is 32.7 Å². The van der Waals surface area contributed by atoms with Crippen LogP contribution in [0.5, 0.6) is 0 Å². The second-order valence-electron chi connectivity index (χ2n) is 3.58. The molecule has 16 heavy (non-hydrogen) atoms. The Balaban J connectivity index is 0.000000325. The highest BCUT2D eigenvalue weighted by molar-refractivity contribution is 5.78. The molecule has 0 atom stereocenters. The van der Waals surface area contributed by atoms with E-state index >= 15 is 0 Å². The van der Waals surface area contributed by atoms with Crippen LogP contribution in [0.15, 0.2) is 0 Å². The second-order valence-corrected chi connectivity index (χ2v) is 3.58. The van der Waals surface area contributed by atoms with Gasteiger partial charge in [0.2, 0.25) is 0 Å². The molecular formula is C8H18N4O4. The first-order valence-corrected chi connectivity index (χ1v) is 4.76. The van der Waals surface area contributed by atoms with Gasteiger partial charge in [0, 0.05) is 0 Å². The number of carboxylic acids is 2. The fraction of sp³-hybridized carbons (Fsp3) is 0.750. The number of aliphatic carboxylic acids is 2. The number of nitrogens with one attached hydrogen (secondary N) is 1. The SMILES string of the molecule is NC(N)C(=O)O.NC1(C(=O)O)CCNCC1. The van der Waals surface area contributed by atoms with Gasteiger partial charge in [-0.1, -0.05) is 0 Å². The fourth-order valence-corrected chi connectivity index (χ4v) is 1.09. The summed E-state index contributed by atoms with van der Waals surface area (Å²) >= 11 is 0. The van der Waals surface area contributed by atoms with Crippen molar-refractivity contribution < 1.29 is 19.8 Å². The first kappa shape index (κ1) is 14.8.